The molecule has 0 saturated carbocycles. The Kier molecular flexibility index (Phi) is 13.6. The molecule has 27 heavy (non-hydrogen) atoms. The predicted octanol–water partition coefficient (Wildman–Crippen LogP) is 3.53. The predicted molar refractivity (Wildman–Crippen MR) is 122 cm³/mol. The summed E-state index contributed by atoms with van der Waals surface area (Å²) in [5.74, 6) is 0. The molecule has 0 amide bonds. The number of ether oxygens (including phenoxy) is 1. The highest BCUT2D eigenvalue weighted by atomic mass is 35.5. The zero-order valence-corrected chi connectivity index (χ0v) is 19.3. The smallest absolute Gasteiger partial charge is 0.0678 e. The molecule has 1 aromatic rings. The van der Waals surface area contributed by atoms with Crippen LogP contribution in [0.2, 0.25) is 5.02 Å². The molecule has 3 rings (SSSR count). The van der Waals surface area contributed by atoms with E-state index < -0.39 is 0 Å². The fourth-order valence-corrected chi connectivity index (χ4v) is 4.01. The van der Waals surface area contributed by atoms with E-state index in [1.54, 1.807) is 0 Å². The Bertz CT molecular complexity index is 510. The first-order chi connectivity index (χ1) is 11.6. The lowest BCUT2D eigenvalue weighted by Gasteiger charge is -2.38. The summed E-state index contributed by atoms with van der Waals surface area (Å²) in [5.41, 5.74) is 1.36. The van der Waals surface area contributed by atoms with Crippen LogP contribution >= 0.6 is 48.8 Å². The lowest BCUT2D eigenvalue weighted by molar-refractivity contribution is -0.0696. The van der Waals surface area contributed by atoms with E-state index in [0.717, 1.165) is 57.3 Å². The van der Waals surface area contributed by atoms with Gasteiger partial charge in [0.1, 0.15) is 0 Å². The molecule has 2 heterocycles. The van der Waals surface area contributed by atoms with Crippen LogP contribution in [-0.4, -0.2) is 73.9 Å². The van der Waals surface area contributed by atoms with Crippen molar-refractivity contribution in [3.8, 4) is 0 Å². The number of hydrogen-bond donors (Lipinski definition) is 1. The third-order valence-corrected chi connectivity index (χ3v) is 5.21. The van der Waals surface area contributed by atoms with Crippen molar-refractivity contribution in [2.45, 2.75) is 38.5 Å². The van der Waals surface area contributed by atoms with Gasteiger partial charge in [-0.1, -0.05) is 23.7 Å². The van der Waals surface area contributed by atoms with Crippen molar-refractivity contribution in [2.24, 2.45) is 0 Å². The largest absolute Gasteiger partial charge is 0.373 e. The van der Waals surface area contributed by atoms with Crippen LogP contribution in [-0.2, 0) is 11.2 Å². The minimum Gasteiger partial charge on any atom is -0.373 e. The summed E-state index contributed by atoms with van der Waals surface area (Å²) >= 11 is 5.98. The van der Waals surface area contributed by atoms with Crippen LogP contribution in [0.4, 0.5) is 0 Å². The minimum absolute atomic E-state index is 0. The van der Waals surface area contributed by atoms with E-state index in [-0.39, 0.29) is 37.2 Å². The molecule has 0 aromatic heterocycles. The second-order valence-electron chi connectivity index (χ2n) is 7.30. The Morgan fingerprint density at radius 1 is 0.963 bits per heavy atom. The average molecular weight is 461 g/mol. The highest BCUT2D eigenvalue weighted by Gasteiger charge is 2.24. The maximum atomic E-state index is 5.98. The van der Waals surface area contributed by atoms with Gasteiger partial charge in [0.25, 0.3) is 0 Å². The maximum Gasteiger partial charge on any atom is 0.0678 e. The Morgan fingerprint density at radius 3 is 2.19 bits per heavy atom. The lowest BCUT2D eigenvalue weighted by atomic mass is 10.0. The van der Waals surface area contributed by atoms with Crippen LogP contribution in [0.15, 0.2) is 24.3 Å². The zero-order valence-electron chi connectivity index (χ0n) is 16.1. The third-order valence-electron chi connectivity index (χ3n) is 4.96. The molecule has 158 valence electrons. The van der Waals surface area contributed by atoms with E-state index in [0.29, 0.717) is 18.2 Å². The third kappa shape index (κ3) is 9.05. The van der Waals surface area contributed by atoms with Gasteiger partial charge in [0.15, 0.2) is 0 Å². The van der Waals surface area contributed by atoms with Crippen molar-refractivity contribution in [3.63, 3.8) is 0 Å². The molecule has 3 atom stereocenters. The van der Waals surface area contributed by atoms with Crippen LogP contribution in [0, 0.1) is 0 Å². The Balaban J connectivity index is 0.00000225. The first-order valence-electron chi connectivity index (χ1n) is 9.16. The van der Waals surface area contributed by atoms with Crippen molar-refractivity contribution >= 4 is 48.8 Å². The fourth-order valence-electron chi connectivity index (χ4n) is 3.89. The van der Waals surface area contributed by atoms with Crippen LogP contribution in [0.5, 0.6) is 0 Å². The maximum absolute atomic E-state index is 5.98. The summed E-state index contributed by atoms with van der Waals surface area (Å²) in [4.78, 5) is 5.15. The number of rotatable bonds is 5. The molecule has 1 aromatic carbocycles. The molecule has 1 N–H and O–H groups in total. The first-order valence-corrected chi connectivity index (χ1v) is 9.54. The summed E-state index contributed by atoms with van der Waals surface area (Å²) in [6.45, 7) is 12.1. The molecule has 4 nitrogen and oxygen atoms in total. The van der Waals surface area contributed by atoms with Gasteiger partial charge in [0, 0.05) is 56.9 Å². The highest BCUT2D eigenvalue weighted by molar-refractivity contribution is 6.30. The number of nitrogens with zero attached hydrogens (tertiary/aromatic N) is 2. The molecule has 2 aliphatic heterocycles. The molecule has 8 heteroatoms. The number of nitrogens with one attached hydrogen (secondary N) is 1. The standard InChI is InChI=1S/C19H30ClN3O.3ClH/c1-15-12-23(13-16(2)24-15)10-9-22-8-7-21-19(14-22)11-17-3-5-18(20)6-4-17;;;/h3-6,15-16,19,21H,7-14H2,1-2H3;3*1H/t15?,16?,19-;;;/m1.../s1. The van der Waals surface area contributed by atoms with E-state index in [9.17, 15) is 0 Å². The van der Waals surface area contributed by atoms with Gasteiger partial charge in [-0.25, -0.2) is 0 Å². The molecule has 2 saturated heterocycles. The molecular formula is C19H33Cl4N3O. The quantitative estimate of drug-likeness (QED) is 0.727. The molecule has 0 spiro atoms. The summed E-state index contributed by atoms with van der Waals surface area (Å²) in [7, 11) is 0. The van der Waals surface area contributed by atoms with Gasteiger partial charge in [0.05, 0.1) is 12.2 Å². The number of benzene rings is 1. The molecule has 2 fully saturated rings. The Hall–Kier alpha value is 0.220. The molecule has 0 radical (unpaired) electrons. The van der Waals surface area contributed by atoms with Crippen molar-refractivity contribution < 1.29 is 4.74 Å². The molecular weight excluding hydrogens is 428 g/mol. The van der Waals surface area contributed by atoms with E-state index in [2.05, 4.69) is 41.1 Å². The van der Waals surface area contributed by atoms with Crippen molar-refractivity contribution in [2.75, 3.05) is 45.8 Å². The van der Waals surface area contributed by atoms with E-state index >= 15 is 0 Å². The topological polar surface area (TPSA) is 27.7 Å². The normalized spacial score (nSPS) is 26.4. The molecule has 2 aliphatic rings. The van der Waals surface area contributed by atoms with Gasteiger partial charge in [-0.3, -0.25) is 9.80 Å². The average Bonchev–Trinajstić information content (AvgIpc) is 2.55. The monoisotopic (exact) mass is 459 g/mol. The van der Waals surface area contributed by atoms with Gasteiger partial charge in [0.2, 0.25) is 0 Å². The minimum atomic E-state index is 0. The second-order valence-corrected chi connectivity index (χ2v) is 7.74. The molecule has 2 unspecified atom stereocenters. The van der Waals surface area contributed by atoms with Crippen molar-refractivity contribution in [3.05, 3.63) is 34.9 Å². The SMILES string of the molecule is CC1CN(CCN2CCN[C@H](Cc3ccc(Cl)cc3)C2)CC(C)O1.Cl.Cl.Cl. The zero-order chi connectivity index (χ0) is 16.9. The summed E-state index contributed by atoms with van der Waals surface area (Å²) in [6, 6.07) is 8.78. The van der Waals surface area contributed by atoms with Gasteiger partial charge >= 0.3 is 0 Å². The van der Waals surface area contributed by atoms with E-state index in [1.807, 2.05) is 12.1 Å². The van der Waals surface area contributed by atoms with Gasteiger partial charge in [-0.05, 0) is 38.0 Å². The second kappa shape index (κ2) is 13.4. The number of hydrogen-bond acceptors (Lipinski definition) is 4. The highest BCUT2D eigenvalue weighted by Crippen LogP contribution is 2.14. The lowest BCUT2D eigenvalue weighted by Crippen LogP contribution is -2.54. The van der Waals surface area contributed by atoms with Gasteiger partial charge < -0.3 is 10.1 Å². The van der Waals surface area contributed by atoms with Gasteiger partial charge in [-0.2, -0.15) is 0 Å². The van der Waals surface area contributed by atoms with Crippen LogP contribution in [0.3, 0.4) is 0 Å². The van der Waals surface area contributed by atoms with Gasteiger partial charge in [-0.15, -0.1) is 37.2 Å². The summed E-state index contributed by atoms with van der Waals surface area (Å²) < 4.78 is 5.83. The number of piperazine rings is 1. The van der Waals surface area contributed by atoms with E-state index in [1.165, 1.54) is 5.56 Å². The summed E-state index contributed by atoms with van der Waals surface area (Å²) in [5, 5.41) is 4.47. The summed E-state index contributed by atoms with van der Waals surface area (Å²) in [6.07, 6.45) is 1.78. The Morgan fingerprint density at radius 2 is 1.56 bits per heavy atom. The number of morpholine rings is 1. The van der Waals surface area contributed by atoms with Crippen LogP contribution in [0.25, 0.3) is 0 Å². The molecule has 0 aliphatic carbocycles. The van der Waals surface area contributed by atoms with E-state index in [4.69, 9.17) is 16.3 Å². The number of halogens is 4. The molecule has 0 bridgehead atoms. The van der Waals surface area contributed by atoms with Crippen molar-refractivity contribution in [1.29, 1.82) is 0 Å². The Labute approximate surface area is 187 Å². The first kappa shape index (κ1) is 27.2. The van der Waals surface area contributed by atoms with Crippen molar-refractivity contribution in [1.82, 2.24) is 15.1 Å². The fraction of sp³-hybridized carbons (Fsp3) is 0.684. The van der Waals surface area contributed by atoms with Crippen LogP contribution in [0.1, 0.15) is 19.4 Å². The van der Waals surface area contributed by atoms with Crippen LogP contribution < -0.4 is 5.32 Å².